The molecule has 21 heavy (non-hydrogen) atoms. The van der Waals surface area contributed by atoms with E-state index >= 15 is 0 Å². The fourth-order valence-electron chi connectivity index (χ4n) is 2.28. The van der Waals surface area contributed by atoms with E-state index in [2.05, 4.69) is 15.0 Å². The Balaban J connectivity index is 2.35. The molecule has 1 fully saturated rings. The van der Waals surface area contributed by atoms with Gasteiger partial charge in [-0.1, -0.05) is 5.11 Å². The molecule has 2 heterocycles. The molecule has 1 aromatic rings. The number of azide groups is 1. The summed E-state index contributed by atoms with van der Waals surface area (Å²) < 4.78 is 6.67. The van der Waals surface area contributed by atoms with Gasteiger partial charge in [-0.2, -0.15) is 0 Å². The Morgan fingerprint density at radius 1 is 1.67 bits per heavy atom. The summed E-state index contributed by atoms with van der Waals surface area (Å²) in [4.78, 5) is 28.0. The minimum Gasteiger partial charge on any atom is -0.394 e. The Labute approximate surface area is 118 Å². The second-order valence-electron chi connectivity index (χ2n) is 4.79. The average molecular weight is 297 g/mol. The fraction of sp³-hybridized carbons (Fsp3) is 0.636. The van der Waals surface area contributed by atoms with Gasteiger partial charge in [0.15, 0.2) is 0 Å². The number of rotatable bonds is 4. The number of nitrogens with zero attached hydrogens (tertiary/aromatic N) is 4. The van der Waals surface area contributed by atoms with Crippen LogP contribution < -0.4 is 11.2 Å². The molecule has 1 aromatic heterocycles. The van der Waals surface area contributed by atoms with E-state index in [1.165, 1.54) is 17.7 Å². The molecule has 1 aliphatic heterocycles. The van der Waals surface area contributed by atoms with Crippen molar-refractivity contribution in [2.45, 2.75) is 37.8 Å². The first-order valence-corrected chi connectivity index (χ1v) is 6.28. The van der Waals surface area contributed by atoms with E-state index < -0.39 is 42.3 Å². The molecule has 0 saturated carbocycles. The average Bonchev–Trinajstić information content (AvgIpc) is 2.86. The summed E-state index contributed by atoms with van der Waals surface area (Å²) in [5.74, 6) is 0. The van der Waals surface area contributed by atoms with Crippen LogP contribution in [-0.2, 0) is 4.74 Å². The molecule has 0 aromatic carbocycles. The van der Waals surface area contributed by atoms with Gasteiger partial charge >= 0.3 is 5.69 Å². The van der Waals surface area contributed by atoms with E-state index in [0.29, 0.717) is 5.56 Å². The van der Waals surface area contributed by atoms with Crippen LogP contribution in [0.5, 0.6) is 0 Å². The minimum atomic E-state index is -1.23. The molecule has 1 unspecified atom stereocenters. The molecule has 10 nitrogen and oxygen atoms in total. The lowest BCUT2D eigenvalue weighted by molar-refractivity contribution is -0.0781. The van der Waals surface area contributed by atoms with Crippen molar-refractivity contribution in [1.82, 2.24) is 9.55 Å². The number of aliphatic hydroxyl groups excluding tert-OH is 2. The standard InChI is InChI=1S/C11H15N5O5/c1-5-3-16(11(20)13-10(5)19)8-2-6(14-15-12)9(21-8)7(18)4-17/h3,6-9,17-18H,2,4H2,1H3,(H,13,19,20)/t6-,7-,8+,9?/m0/s1. The van der Waals surface area contributed by atoms with E-state index in [1.54, 1.807) is 0 Å². The second kappa shape index (κ2) is 6.10. The first-order chi connectivity index (χ1) is 9.97. The number of hydrogen-bond donors (Lipinski definition) is 3. The van der Waals surface area contributed by atoms with Crippen LogP contribution >= 0.6 is 0 Å². The predicted molar refractivity (Wildman–Crippen MR) is 70.6 cm³/mol. The number of H-pyrrole nitrogens is 1. The SMILES string of the molecule is Cc1cn([C@H]2C[C@H](N=[N+]=[N-])C([C@@H](O)CO)O2)c(=O)[nH]c1=O. The third-order valence-electron chi connectivity index (χ3n) is 3.36. The van der Waals surface area contributed by atoms with Gasteiger partial charge in [-0.05, 0) is 12.5 Å². The molecule has 1 saturated heterocycles. The van der Waals surface area contributed by atoms with Gasteiger partial charge in [0, 0.05) is 23.1 Å². The molecule has 0 spiro atoms. The van der Waals surface area contributed by atoms with Crippen molar-refractivity contribution in [1.29, 1.82) is 0 Å². The maximum atomic E-state index is 11.8. The zero-order valence-electron chi connectivity index (χ0n) is 11.2. The monoisotopic (exact) mass is 297 g/mol. The van der Waals surface area contributed by atoms with Crippen LogP contribution in [0.3, 0.4) is 0 Å². The molecule has 3 N–H and O–H groups in total. The van der Waals surface area contributed by atoms with Gasteiger partial charge in [-0.15, -0.1) is 0 Å². The first kappa shape index (κ1) is 15.3. The van der Waals surface area contributed by atoms with Crippen LogP contribution in [0.4, 0.5) is 0 Å². The number of aromatic amines is 1. The van der Waals surface area contributed by atoms with Crippen LogP contribution in [0.25, 0.3) is 10.4 Å². The van der Waals surface area contributed by atoms with Crippen molar-refractivity contribution in [3.05, 3.63) is 43.0 Å². The van der Waals surface area contributed by atoms with Crippen molar-refractivity contribution in [3.8, 4) is 0 Å². The molecule has 114 valence electrons. The lowest BCUT2D eigenvalue weighted by Gasteiger charge is -2.20. The maximum Gasteiger partial charge on any atom is 0.330 e. The molecule has 1 aliphatic rings. The fourth-order valence-corrected chi connectivity index (χ4v) is 2.28. The smallest absolute Gasteiger partial charge is 0.330 e. The zero-order valence-corrected chi connectivity index (χ0v) is 11.2. The first-order valence-electron chi connectivity index (χ1n) is 6.28. The zero-order chi connectivity index (χ0) is 15.6. The van der Waals surface area contributed by atoms with E-state index in [0.717, 1.165) is 0 Å². The number of aromatic nitrogens is 2. The summed E-state index contributed by atoms with van der Waals surface area (Å²) in [5.41, 5.74) is 7.71. The molecular formula is C11H15N5O5. The van der Waals surface area contributed by atoms with Crippen LogP contribution in [0.1, 0.15) is 18.2 Å². The highest BCUT2D eigenvalue weighted by Gasteiger charge is 2.40. The van der Waals surface area contributed by atoms with Gasteiger partial charge < -0.3 is 14.9 Å². The summed E-state index contributed by atoms with van der Waals surface area (Å²) in [5, 5.41) is 22.2. The molecule has 0 amide bonds. The lowest BCUT2D eigenvalue weighted by atomic mass is 10.1. The molecule has 10 heteroatoms. The minimum absolute atomic E-state index is 0.150. The van der Waals surface area contributed by atoms with Crippen molar-refractivity contribution < 1.29 is 14.9 Å². The summed E-state index contributed by atoms with van der Waals surface area (Å²) in [6, 6.07) is -0.721. The number of aliphatic hydroxyl groups is 2. The van der Waals surface area contributed by atoms with Crippen LogP contribution in [-0.4, -0.2) is 44.6 Å². The topological polar surface area (TPSA) is 153 Å². The molecule has 0 aliphatic carbocycles. The molecule has 2 rings (SSSR count). The highest BCUT2D eigenvalue weighted by atomic mass is 16.5. The molecule has 0 bridgehead atoms. The summed E-state index contributed by atoms with van der Waals surface area (Å²) in [7, 11) is 0. The quantitative estimate of drug-likeness (QED) is 0.376. The third kappa shape index (κ3) is 2.98. The van der Waals surface area contributed by atoms with Gasteiger partial charge in [0.2, 0.25) is 0 Å². The van der Waals surface area contributed by atoms with E-state index in [1.807, 2.05) is 0 Å². The largest absolute Gasteiger partial charge is 0.394 e. The van der Waals surface area contributed by atoms with Crippen LogP contribution in [0.15, 0.2) is 20.9 Å². The second-order valence-corrected chi connectivity index (χ2v) is 4.79. The number of hydrogen-bond acceptors (Lipinski definition) is 6. The number of aryl methyl sites for hydroxylation is 1. The van der Waals surface area contributed by atoms with Crippen molar-refractivity contribution >= 4 is 0 Å². The Hall–Kier alpha value is -2.13. The van der Waals surface area contributed by atoms with E-state index in [-0.39, 0.29) is 6.42 Å². The predicted octanol–water partition coefficient (Wildman–Crippen LogP) is -0.835. The molecule has 0 radical (unpaired) electrons. The molecule has 4 atom stereocenters. The van der Waals surface area contributed by atoms with Gasteiger partial charge in [-0.25, -0.2) is 4.79 Å². The van der Waals surface area contributed by atoms with Gasteiger partial charge in [0.1, 0.15) is 12.3 Å². The van der Waals surface area contributed by atoms with Gasteiger partial charge in [-0.3, -0.25) is 14.3 Å². The van der Waals surface area contributed by atoms with Gasteiger partial charge in [0.25, 0.3) is 5.56 Å². The molecular weight excluding hydrogens is 282 g/mol. The number of ether oxygens (including phenoxy) is 1. The summed E-state index contributed by atoms with van der Waals surface area (Å²) in [6.07, 6.45) is -1.46. The van der Waals surface area contributed by atoms with Crippen molar-refractivity contribution in [2.24, 2.45) is 5.11 Å². The third-order valence-corrected chi connectivity index (χ3v) is 3.36. The highest BCUT2D eigenvalue weighted by Crippen LogP contribution is 2.31. The van der Waals surface area contributed by atoms with Crippen LogP contribution in [0, 0.1) is 6.92 Å². The Morgan fingerprint density at radius 3 is 3.00 bits per heavy atom. The van der Waals surface area contributed by atoms with Crippen molar-refractivity contribution in [3.63, 3.8) is 0 Å². The van der Waals surface area contributed by atoms with E-state index in [4.69, 9.17) is 15.4 Å². The van der Waals surface area contributed by atoms with Crippen molar-refractivity contribution in [2.75, 3.05) is 6.61 Å². The normalized spacial score (nSPS) is 26.3. The lowest BCUT2D eigenvalue weighted by Crippen LogP contribution is -2.37. The highest BCUT2D eigenvalue weighted by molar-refractivity contribution is 5.02. The maximum absolute atomic E-state index is 11.8. The van der Waals surface area contributed by atoms with E-state index in [9.17, 15) is 14.7 Å². The number of nitrogens with one attached hydrogen (secondary N) is 1. The summed E-state index contributed by atoms with van der Waals surface area (Å²) >= 11 is 0. The van der Waals surface area contributed by atoms with Crippen LogP contribution in [0.2, 0.25) is 0 Å². The Bertz CT molecular complexity index is 676. The Morgan fingerprint density at radius 2 is 2.38 bits per heavy atom. The Kier molecular flexibility index (Phi) is 4.43. The van der Waals surface area contributed by atoms with Gasteiger partial charge in [0.05, 0.1) is 18.8 Å². The summed E-state index contributed by atoms with van der Waals surface area (Å²) in [6.45, 7) is 0.975.